The molecule has 1 fully saturated rings. The van der Waals surface area contributed by atoms with Gasteiger partial charge < -0.3 is 10.2 Å². The maximum absolute atomic E-state index is 12.7. The Kier molecular flexibility index (Phi) is 5.75. The van der Waals surface area contributed by atoms with Crippen LogP contribution in [0, 0.1) is 5.92 Å². The lowest BCUT2D eigenvalue weighted by Gasteiger charge is -2.30. The Morgan fingerprint density at radius 1 is 1.12 bits per heavy atom. The van der Waals surface area contributed by atoms with E-state index in [1.165, 1.54) is 11.3 Å². The molecule has 0 bridgehead atoms. The molecule has 132 valence electrons. The number of amides is 1. The Balaban J connectivity index is 1.66. The standard InChI is InChI=1S/C22H28N2O/c1-3-19-8-4-5-10-21(19)23-16-18-7-6-9-20(15-18)22(25)24-13-11-17(2)12-14-24/h4-10,15,17,23H,3,11-14,16H2,1-2H3. The van der Waals surface area contributed by atoms with Crippen molar-refractivity contribution < 1.29 is 4.79 Å². The summed E-state index contributed by atoms with van der Waals surface area (Å²) in [6, 6.07) is 16.4. The third-order valence-corrected chi connectivity index (χ3v) is 5.13. The van der Waals surface area contributed by atoms with E-state index in [0.717, 1.165) is 55.9 Å². The second-order valence-electron chi connectivity index (χ2n) is 7.04. The topological polar surface area (TPSA) is 32.3 Å². The lowest BCUT2D eigenvalue weighted by atomic mass is 9.98. The molecule has 0 aliphatic carbocycles. The number of nitrogens with one attached hydrogen (secondary N) is 1. The van der Waals surface area contributed by atoms with E-state index in [-0.39, 0.29) is 5.91 Å². The average Bonchev–Trinajstić information content (AvgIpc) is 2.67. The van der Waals surface area contributed by atoms with Crippen LogP contribution >= 0.6 is 0 Å². The summed E-state index contributed by atoms with van der Waals surface area (Å²) >= 11 is 0. The molecule has 3 nitrogen and oxygen atoms in total. The number of likely N-dealkylation sites (tertiary alicyclic amines) is 1. The van der Waals surface area contributed by atoms with Crippen LogP contribution in [0.25, 0.3) is 0 Å². The Bertz CT molecular complexity index is 717. The molecule has 1 saturated heterocycles. The van der Waals surface area contributed by atoms with Crippen molar-refractivity contribution in [3.05, 3.63) is 65.2 Å². The van der Waals surface area contributed by atoms with E-state index < -0.39 is 0 Å². The SMILES string of the molecule is CCc1ccccc1NCc1cccc(C(=O)N2CCC(C)CC2)c1. The lowest BCUT2D eigenvalue weighted by Crippen LogP contribution is -2.37. The fourth-order valence-electron chi connectivity index (χ4n) is 3.41. The number of hydrogen-bond donors (Lipinski definition) is 1. The largest absolute Gasteiger partial charge is 0.381 e. The Labute approximate surface area is 151 Å². The molecular formula is C22H28N2O. The summed E-state index contributed by atoms with van der Waals surface area (Å²) in [7, 11) is 0. The number of nitrogens with zero attached hydrogens (tertiary/aromatic N) is 1. The minimum atomic E-state index is 0.169. The number of piperidine rings is 1. The molecule has 2 aromatic carbocycles. The highest BCUT2D eigenvalue weighted by Crippen LogP contribution is 2.20. The maximum Gasteiger partial charge on any atom is 0.253 e. The highest BCUT2D eigenvalue weighted by atomic mass is 16.2. The van der Waals surface area contributed by atoms with E-state index in [1.807, 2.05) is 23.1 Å². The van der Waals surface area contributed by atoms with Gasteiger partial charge in [0.1, 0.15) is 0 Å². The molecule has 1 aliphatic rings. The summed E-state index contributed by atoms with van der Waals surface area (Å²) in [4.78, 5) is 14.7. The highest BCUT2D eigenvalue weighted by molar-refractivity contribution is 5.94. The van der Waals surface area contributed by atoms with Crippen molar-refractivity contribution >= 4 is 11.6 Å². The molecule has 0 radical (unpaired) electrons. The predicted octanol–water partition coefficient (Wildman–Crippen LogP) is 4.73. The van der Waals surface area contributed by atoms with Crippen LogP contribution < -0.4 is 5.32 Å². The summed E-state index contributed by atoms with van der Waals surface area (Å²) in [6.07, 6.45) is 3.23. The van der Waals surface area contributed by atoms with E-state index in [1.54, 1.807) is 0 Å². The molecule has 0 aromatic heterocycles. The summed E-state index contributed by atoms with van der Waals surface area (Å²) in [5.41, 5.74) is 4.43. The van der Waals surface area contributed by atoms with Crippen LogP contribution in [0.1, 0.15) is 48.2 Å². The molecule has 3 heteroatoms. The number of carbonyl (C=O) groups excluding carboxylic acids is 1. The number of rotatable bonds is 5. The number of benzene rings is 2. The first-order valence-corrected chi connectivity index (χ1v) is 9.37. The van der Waals surface area contributed by atoms with E-state index in [4.69, 9.17) is 0 Å². The highest BCUT2D eigenvalue weighted by Gasteiger charge is 2.21. The summed E-state index contributed by atoms with van der Waals surface area (Å²) < 4.78 is 0. The first-order chi connectivity index (χ1) is 12.2. The van der Waals surface area contributed by atoms with E-state index in [2.05, 4.69) is 49.5 Å². The van der Waals surface area contributed by atoms with Crippen molar-refractivity contribution in [2.45, 2.75) is 39.7 Å². The minimum Gasteiger partial charge on any atom is -0.381 e. The van der Waals surface area contributed by atoms with Gasteiger partial charge in [-0.1, -0.05) is 44.2 Å². The van der Waals surface area contributed by atoms with Crippen LogP contribution in [0.3, 0.4) is 0 Å². The third kappa shape index (κ3) is 4.41. The maximum atomic E-state index is 12.7. The molecule has 1 heterocycles. The monoisotopic (exact) mass is 336 g/mol. The Morgan fingerprint density at radius 2 is 1.88 bits per heavy atom. The smallest absolute Gasteiger partial charge is 0.253 e. The second-order valence-corrected chi connectivity index (χ2v) is 7.04. The van der Waals surface area contributed by atoms with Gasteiger partial charge in [0.25, 0.3) is 5.91 Å². The van der Waals surface area contributed by atoms with Crippen molar-refractivity contribution in [3.8, 4) is 0 Å². The molecule has 25 heavy (non-hydrogen) atoms. The van der Waals surface area contributed by atoms with Gasteiger partial charge in [0, 0.05) is 30.9 Å². The van der Waals surface area contributed by atoms with Crippen LogP contribution in [-0.4, -0.2) is 23.9 Å². The molecule has 0 saturated carbocycles. The first-order valence-electron chi connectivity index (χ1n) is 9.37. The zero-order chi connectivity index (χ0) is 17.6. The fraction of sp³-hybridized carbons (Fsp3) is 0.409. The molecule has 2 aromatic rings. The Hall–Kier alpha value is -2.29. The van der Waals surface area contributed by atoms with Crippen molar-refractivity contribution in [1.82, 2.24) is 4.90 Å². The van der Waals surface area contributed by atoms with Gasteiger partial charge in [0.05, 0.1) is 0 Å². The molecule has 1 aliphatic heterocycles. The van der Waals surface area contributed by atoms with E-state index in [9.17, 15) is 4.79 Å². The van der Waals surface area contributed by atoms with Crippen molar-refractivity contribution in [3.63, 3.8) is 0 Å². The summed E-state index contributed by atoms with van der Waals surface area (Å²) in [6.45, 7) is 6.93. The number of hydrogen-bond acceptors (Lipinski definition) is 2. The van der Waals surface area contributed by atoms with Crippen LogP contribution in [0.4, 0.5) is 5.69 Å². The van der Waals surface area contributed by atoms with Gasteiger partial charge in [-0.05, 0) is 54.5 Å². The van der Waals surface area contributed by atoms with E-state index >= 15 is 0 Å². The second kappa shape index (κ2) is 8.19. The van der Waals surface area contributed by atoms with Crippen LogP contribution in [0.15, 0.2) is 48.5 Å². The normalized spacial score (nSPS) is 15.2. The van der Waals surface area contributed by atoms with Crippen LogP contribution in [0.2, 0.25) is 0 Å². The van der Waals surface area contributed by atoms with Gasteiger partial charge >= 0.3 is 0 Å². The zero-order valence-electron chi connectivity index (χ0n) is 15.3. The van der Waals surface area contributed by atoms with Crippen molar-refractivity contribution in [1.29, 1.82) is 0 Å². The quantitative estimate of drug-likeness (QED) is 0.856. The van der Waals surface area contributed by atoms with Gasteiger partial charge in [-0.3, -0.25) is 4.79 Å². The lowest BCUT2D eigenvalue weighted by molar-refractivity contribution is 0.0697. The number of para-hydroxylation sites is 1. The molecule has 0 unspecified atom stereocenters. The van der Waals surface area contributed by atoms with Crippen molar-refractivity contribution in [2.75, 3.05) is 18.4 Å². The summed E-state index contributed by atoms with van der Waals surface area (Å²) in [5.74, 6) is 0.904. The van der Waals surface area contributed by atoms with Gasteiger partial charge in [-0.15, -0.1) is 0 Å². The molecule has 1 amide bonds. The van der Waals surface area contributed by atoms with Gasteiger partial charge in [-0.25, -0.2) is 0 Å². The number of anilines is 1. The van der Waals surface area contributed by atoms with Gasteiger partial charge in [0.2, 0.25) is 0 Å². The van der Waals surface area contributed by atoms with Crippen molar-refractivity contribution in [2.24, 2.45) is 5.92 Å². The minimum absolute atomic E-state index is 0.169. The molecule has 0 atom stereocenters. The molecular weight excluding hydrogens is 308 g/mol. The molecule has 3 rings (SSSR count). The van der Waals surface area contributed by atoms with Gasteiger partial charge in [0.15, 0.2) is 0 Å². The average molecular weight is 336 g/mol. The van der Waals surface area contributed by atoms with Crippen LogP contribution in [-0.2, 0) is 13.0 Å². The van der Waals surface area contributed by atoms with Crippen LogP contribution in [0.5, 0.6) is 0 Å². The van der Waals surface area contributed by atoms with E-state index in [0.29, 0.717) is 0 Å². The first kappa shape index (κ1) is 17.5. The zero-order valence-corrected chi connectivity index (χ0v) is 15.3. The summed E-state index contributed by atoms with van der Waals surface area (Å²) in [5, 5.41) is 3.51. The Morgan fingerprint density at radius 3 is 2.64 bits per heavy atom. The number of aryl methyl sites for hydroxylation is 1. The third-order valence-electron chi connectivity index (χ3n) is 5.13. The molecule has 1 N–H and O–H groups in total. The number of carbonyl (C=O) groups is 1. The van der Waals surface area contributed by atoms with Gasteiger partial charge in [-0.2, -0.15) is 0 Å². The fourth-order valence-corrected chi connectivity index (χ4v) is 3.41. The predicted molar refractivity (Wildman–Crippen MR) is 104 cm³/mol. The molecule has 0 spiro atoms.